The lowest BCUT2D eigenvalue weighted by molar-refractivity contribution is -0.137. The second-order valence-corrected chi connectivity index (χ2v) is 9.71. The van der Waals surface area contributed by atoms with Crippen molar-refractivity contribution in [2.24, 2.45) is 0 Å². The van der Waals surface area contributed by atoms with Gasteiger partial charge in [0.25, 0.3) is 0 Å². The van der Waals surface area contributed by atoms with Gasteiger partial charge in [0.15, 0.2) is 0 Å². The van der Waals surface area contributed by atoms with Crippen molar-refractivity contribution in [1.82, 2.24) is 0 Å². The van der Waals surface area contributed by atoms with E-state index in [1.165, 1.54) is 13.8 Å². The van der Waals surface area contributed by atoms with Crippen molar-refractivity contribution >= 4 is 103 Å². The largest absolute Gasteiger partial charge is 0.481 e. The van der Waals surface area contributed by atoms with Gasteiger partial charge in [0, 0.05) is 20.3 Å². The van der Waals surface area contributed by atoms with Gasteiger partial charge >= 0.3 is 11.9 Å². The number of anilines is 2. The topological polar surface area (TPSA) is 122 Å². The second kappa shape index (κ2) is 13.6. The van der Waals surface area contributed by atoms with Crippen LogP contribution in [0.25, 0.3) is 0 Å². The van der Waals surface area contributed by atoms with Crippen LogP contribution in [-0.2, 0) is 19.1 Å². The van der Waals surface area contributed by atoms with Crippen LogP contribution in [-0.4, -0.2) is 35.5 Å². The second-order valence-electron chi connectivity index (χ2n) is 6.48. The summed E-state index contributed by atoms with van der Waals surface area (Å²) in [5.41, 5.74) is 1.21. The Balaban J connectivity index is 2.88. The molecule has 3 N–H and O–H groups in total. The van der Waals surface area contributed by atoms with Crippen molar-refractivity contribution in [2.45, 2.75) is 52.4 Å². The van der Waals surface area contributed by atoms with E-state index >= 15 is 0 Å². The lowest BCUT2D eigenvalue weighted by Gasteiger charge is -2.19. The first-order valence-electron chi connectivity index (χ1n) is 9.20. The van der Waals surface area contributed by atoms with E-state index in [1.807, 2.05) is 67.8 Å². The normalized spacial score (nSPS) is 10.4. The third kappa shape index (κ3) is 8.80. The molecule has 0 fully saturated rings. The molecule has 8 nitrogen and oxygen atoms in total. The van der Waals surface area contributed by atoms with Gasteiger partial charge in [-0.15, -0.1) is 0 Å². The number of carbonyl (C=O) groups excluding carboxylic acids is 3. The number of carbonyl (C=O) groups is 4. The van der Waals surface area contributed by atoms with Crippen LogP contribution in [0.1, 0.15) is 62.7 Å². The number of ether oxygens (including phenoxy) is 1. The van der Waals surface area contributed by atoms with Crippen LogP contribution in [0.4, 0.5) is 11.4 Å². The van der Waals surface area contributed by atoms with E-state index < -0.39 is 11.9 Å². The van der Waals surface area contributed by atoms with Gasteiger partial charge in [-0.2, -0.15) is 0 Å². The van der Waals surface area contributed by atoms with Crippen molar-refractivity contribution in [3.63, 3.8) is 0 Å². The summed E-state index contributed by atoms with van der Waals surface area (Å²) in [6.45, 7) is 2.98. The van der Waals surface area contributed by atoms with E-state index in [4.69, 9.17) is 9.84 Å². The Labute approximate surface area is 216 Å². The minimum absolute atomic E-state index is 0.173. The summed E-state index contributed by atoms with van der Waals surface area (Å²) in [5.74, 6) is -1.89. The summed E-state index contributed by atoms with van der Waals surface area (Å²) >= 11 is 6.01. The lowest BCUT2D eigenvalue weighted by atomic mass is 10.1. The number of rotatable bonds is 11. The molecular weight excluding hydrogens is 733 g/mol. The molecule has 0 atom stereocenters. The number of hydrogen-bond acceptors (Lipinski definition) is 5. The van der Waals surface area contributed by atoms with Gasteiger partial charge in [-0.3, -0.25) is 14.4 Å². The fourth-order valence-corrected chi connectivity index (χ4v) is 6.71. The van der Waals surface area contributed by atoms with Crippen LogP contribution < -0.4 is 10.6 Å². The van der Waals surface area contributed by atoms with E-state index in [1.54, 1.807) is 0 Å². The Morgan fingerprint density at radius 3 is 1.73 bits per heavy atom. The molecule has 0 radical (unpaired) electrons. The molecular formula is C19H23I3N2O6. The number of benzene rings is 1. The monoisotopic (exact) mass is 756 g/mol. The molecule has 0 saturated heterocycles. The van der Waals surface area contributed by atoms with Gasteiger partial charge < -0.3 is 20.5 Å². The van der Waals surface area contributed by atoms with Gasteiger partial charge in [-0.25, -0.2) is 4.79 Å². The minimum atomic E-state index is -0.789. The molecule has 0 heterocycles. The van der Waals surface area contributed by atoms with Crippen molar-refractivity contribution in [2.75, 3.05) is 17.2 Å². The number of carboxylic acids is 1. The van der Waals surface area contributed by atoms with Crippen LogP contribution in [0.2, 0.25) is 0 Å². The zero-order valence-electron chi connectivity index (χ0n) is 16.6. The predicted octanol–water partition coefficient (Wildman–Crippen LogP) is 5.00. The first kappa shape index (κ1) is 27.3. The summed E-state index contributed by atoms with van der Waals surface area (Å²) in [6, 6.07) is 0. The number of hydrogen-bond donors (Lipinski definition) is 3. The average molecular weight is 756 g/mol. The van der Waals surface area contributed by atoms with Gasteiger partial charge in [-0.1, -0.05) is 19.3 Å². The first-order valence-corrected chi connectivity index (χ1v) is 12.4. The molecule has 1 aromatic rings. The third-order valence-electron chi connectivity index (χ3n) is 3.89. The van der Waals surface area contributed by atoms with Crippen LogP contribution in [0, 0.1) is 10.7 Å². The van der Waals surface area contributed by atoms with Gasteiger partial charge in [0.2, 0.25) is 11.8 Å². The van der Waals surface area contributed by atoms with Gasteiger partial charge in [0.05, 0.1) is 34.3 Å². The number of amides is 2. The Bertz CT molecular complexity index is 786. The maximum Gasteiger partial charge on any atom is 0.340 e. The Kier molecular flexibility index (Phi) is 12.4. The molecule has 2 amide bonds. The first-order chi connectivity index (χ1) is 14.1. The predicted molar refractivity (Wildman–Crippen MR) is 139 cm³/mol. The highest BCUT2D eigenvalue weighted by molar-refractivity contribution is 14.1. The number of carboxylic acid groups (broad SMARTS) is 1. The minimum Gasteiger partial charge on any atom is -0.481 e. The van der Waals surface area contributed by atoms with E-state index in [0.29, 0.717) is 40.5 Å². The molecule has 0 aromatic heterocycles. The van der Waals surface area contributed by atoms with E-state index in [2.05, 4.69) is 10.6 Å². The Morgan fingerprint density at radius 2 is 1.27 bits per heavy atom. The summed E-state index contributed by atoms with van der Waals surface area (Å²) in [5, 5.41) is 14.1. The summed E-state index contributed by atoms with van der Waals surface area (Å²) in [6.07, 6.45) is 4.03. The number of nitrogens with one attached hydrogen (secondary N) is 2. The van der Waals surface area contributed by atoms with E-state index in [-0.39, 0.29) is 24.8 Å². The number of unbranched alkanes of at least 4 members (excludes halogenated alkanes) is 4. The van der Waals surface area contributed by atoms with Crippen LogP contribution in [0.15, 0.2) is 0 Å². The quantitative estimate of drug-likeness (QED) is 0.166. The molecule has 30 heavy (non-hydrogen) atoms. The standard InChI is InChI=1S/C19H23I3N2O6/c1-10(25)23-17-14(20)13(15(21)18(16(17)22)24-11(2)26)19(29)30-9-7-5-3-4-6-8-12(27)28/h3-9H2,1-2H3,(H,23,25)(H,24,26)(H,27,28). The van der Waals surface area contributed by atoms with Gasteiger partial charge in [-0.05, 0) is 80.6 Å². The summed E-state index contributed by atoms with van der Waals surface area (Å²) in [4.78, 5) is 46.5. The molecule has 166 valence electrons. The number of halogens is 3. The molecule has 0 aliphatic rings. The molecule has 0 bridgehead atoms. The number of aliphatic carboxylic acids is 1. The van der Waals surface area contributed by atoms with Crippen molar-refractivity contribution in [1.29, 1.82) is 0 Å². The number of esters is 1. The lowest BCUT2D eigenvalue weighted by Crippen LogP contribution is -2.19. The molecule has 0 aliphatic heterocycles. The SMILES string of the molecule is CC(=O)Nc1c(I)c(NC(C)=O)c(I)c(C(=O)OCCCCCCCC(=O)O)c1I. The average Bonchev–Trinajstić information content (AvgIpc) is 2.64. The third-order valence-corrected chi connectivity index (χ3v) is 7.13. The molecule has 0 saturated carbocycles. The smallest absolute Gasteiger partial charge is 0.340 e. The highest BCUT2D eigenvalue weighted by Crippen LogP contribution is 2.39. The zero-order chi connectivity index (χ0) is 22.8. The van der Waals surface area contributed by atoms with Crippen LogP contribution in [0.5, 0.6) is 0 Å². The molecule has 0 aliphatic carbocycles. The summed E-state index contributed by atoms with van der Waals surface area (Å²) < 4.78 is 7.14. The van der Waals surface area contributed by atoms with Gasteiger partial charge in [0.1, 0.15) is 0 Å². The van der Waals surface area contributed by atoms with Crippen molar-refractivity contribution < 1.29 is 29.0 Å². The van der Waals surface area contributed by atoms with E-state index in [0.717, 1.165) is 19.3 Å². The van der Waals surface area contributed by atoms with Crippen molar-refractivity contribution in [3.05, 3.63) is 16.3 Å². The molecule has 11 heteroatoms. The van der Waals surface area contributed by atoms with Crippen LogP contribution in [0.3, 0.4) is 0 Å². The summed E-state index contributed by atoms with van der Waals surface area (Å²) in [7, 11) is 0. The molecule has 1 rings (SSSR count). The Morgan fingerprint density at radius 1 is 0.800 bits per heavy atom. The maximum absolute atomic E-state index is 12.8. The highest BCUT2D eigenvalue weighted by Gasteiger charge is 2.26. The maximum atomic E-state index is 12.8. The Hall–Kier alpha value is -0.710. The van der Waals surface area contributed by atoms with Crippen molar-refractivity contribution in [3.8, 4) is 0 Å². The molecule has 0 unspecified atom stereocenters. The fraction of sp³-hybridized carbons (Fsp3) is 0.474. The molecule has 0 spiro atoms. The zero-order valence-corrected chi connectivity index (χ0v) is 23.0. The molecule has 1 aromatic carbocycles. The van der Waals surface area contributed by atoms with Crippen LogP contribution >= 0.6 is 67.8 Å². The highest BCUT2D eigenvalue weighted by atomic mass is 127. The van der Waals surface area contributed by atoms with E-state index in [9.17, 15) is 19.2 Å². The fourth-order valence-electron chi connectivity index (χ4n) is 2.56.